The van der Waals surface area contributed by atoms with Gasteiger partial charge in [0.15, 0.2) is 5.13 Å². The molecule has 0 saturated heterocycles. The summed E-state index contributed by atoms with van der Waals surface area (Å²) in [5.74, 6) is 2.59. The minimum atomic E-state index is -0.111. The average molecular weight is 367 g/mol. The zero-order valence-electron chi connectivity index (χ0n) is 15.5. The Balaban J connectivity index is 1.37. The summed E-state index contributed by atoms with van der Waals surface area (Å²) in [5, 5.41) is 6.01. The van der Waals surface area contributed by atoms with Crippen LogP contribution in [-0.4, -0.2) is 10.9 Å². The first-order valence-electron chi connectivity index (χ1n) is 9.85. The molecule has 4 bridgehead atoms. The van der Waals surface area contributed by atoms with Crippen LogP contribution in [0.4, 0.5) is 5.13 Å². The smallest absolute Gasteiger partial charge is 0.232 e. The number of rotatable bonds is 3. The molecule has 1 heterocycles. The molecule has 0 radical (unpaired) electrons. The molecular weight excluding hydrogens is 340 g/mol. The maximum absolute atomic E-state index is 13.2. The van der Waals surface area contributed by atoms with Crippen LogP contribution in [0.25, 0.3) is 11.3 Å². The van der Waals surface area contributed by atoms with Gasteiger partial charge in [-0.15, -0.1) is 11.3 Å². The molecule has 4 fully saturated rings. The van der Waals surface area contributed by atoms with Crippen LogP contribution in [0.5, 0.6) is 0 Å². The van der Waals surface area contributed by atoms with Gasteiger partial charge in [-0.3, -0.25) is 4.79 Å². The highest BCUT2D eigenvalue weighted by atomic mass is 32.1. The Labute approximate surface area is 159 Å². The van der Waals surface area contributed by atoms with Gasteiger partial charge in [0.25, 0.3) is 0 Å². The van der Waals surface area contributed by atoms with Gasteiger partial charge in [-0.1, -0.05) is 17.7 Å². The third-order valence-electron chi connectivity index (χ3n) is 6.91. The molecule has 0 atom stereocenters. The van der Waals surface area contributed by atoms with E-state index < -0.39 is 0 Å². The van der Waals surface area contributed by atoms with E-state index in [1.54, 1.807) is 11.3 Å². The first kappa shape index (κ1) is 16.5. The lowest BCUT2D eigenvalue weighted by molar-refractivity contribution is -0.140. The Morgan fingerprint density at radius 2 is 1.77 bits per heavy atom. The maximum Gasteiger partial charge on any atom is 0.232 e. The summed E-state index contributed by atoms with van der Waals surface area (Å²) >= 11 is 1.55. The minimum Gasteiger partial charge on any atom is -0.301 e. The van der Waals surface area contributed by atoms with Crippen LogP contribution in [0, 0.1) is 37.0 Å². The molecule has 136 valence electrons. The van der Waals surface area contributed by atoms with Gasteiger partial charge in [0.05, 0.1) is 11.1 Å². The van der Waals surface area contributed by atoms with Crippen molar-refractivity contribution in [2.24, 2.45) is 23.2 Å². The number of aromatic nitrogens is 1. The van der Waals surface area contributed by atoms with Crippen LogP contribution in [0.3, 0.4) is 0 Å². The number of nitrogens with zero attached hydrogens (tertiary/aromatic N) is 1. The fourth-order valence-corrected chi connectivity index (χ4v) is 6.79. The molecule has 2 aromatic rings. The van der Waals surface area contributed by atoms with Gasteiger partial charge in [-0.25, -0.2) is 4.98 Å². The maximum atomic E-state index is 13.2. The van der Waals surface area contributed by atoms with Crippen LogP contribution in [0.2, 0.25) is 0 Å². The van der Waals surface area contributed by atoms with Crippen molar-refractivity contribution in [2.45, 2.75) is 52.4 Å². The number of carbonyl (C=O) groups excluding carboxylic acids is 1. The Kier molecular flexibility index (Phi) is 3.75. The minimum absolute atomic E-state index is 0.111. The van der Waals surface area contributed by atoms with E-state index in [2.05, 4.69) is 42.7 Å². The SMILES string of the molecule is Cc1ccc(C)c(-c2csc(NC(=O)C34CC5CC(CC(C5)C3)C4)n2)c1. The van der Waals surface area contributed by atoms with Crippen molar-refractivity contribution in [1.82, 2.24) is 4.98 Å². The molecule has 4 saturated carbocycles. The number of nitrogens with one attached hydrogen (secondary N) is 1. The fourth-order valence-electron chi connectivity index (χ4n) is 6.09. The molecule has 1 aromatic carbocycles. The van der Waals surface area contributed by atoms with E-state index in [-0.39, 0.29) is 11.3 Å². The van der Waals surface area contributed by atoms with E-state index in [1.165, 1.54) is 30.4 Å². The quantitative estimate of drug-likeness (QED) is 0.770. The number of hydrogen-bond donors (Lipinski definition) is 1. The molecule has 1 N–H and O–H groups in total. The van der Waals surface area contributed by atoms with Gasteiger partial charge in [0.2, 0.25) is 5.91 Å². The molecule has 4 aliphatic rings. The van der Waals surface area contributed by atoms with Crippen molar-refractivity contribution in [3.05, 3.63) is 34.7 Å². The summed E-state index contributed by atoms with van der Waals surface area (Å²) in [6.07, 6.45) is 7.38. The third-order valence-corrected chi connectivity index (χ3v) is 7.67. The van der Waals surface area contributed by atoms with Gasteiger partial charge in [-0.2, -0.15) is 0 Å². The lowest BCUT2D eigenvalue weighted by atomic mass is 9.49. The van der Waals surface area contributed by atoms with Gasteiger partial charge in [0.1, 0.15) is 0 Å². The highest BCUT2D eigenvalue weighted by Gasteiger charge is 2.54. The molecule has 0 aliphatic heterocycles. The number of benzene rings is 1. The zero-order chi connectivity index (χ0) is 17.9. The van der Waals surface area contributed by atoms with Gasteiger partial charge in [-0.05, 0) is 81.8 Å². The van der Waals surface area contributed by atoms with Crippen molar-refractivity contribution in [3.8, 4) is 11.3 Å². The van der Waals surface area contributed by atoms with Gasteiger partial charge < -0.3 is 5.32 Å². The van der Waals surface area contributed by atoms with Crippen LogP contribution in [0.15, 0.2) is 23.6 Å². The van der Waals surface area contributed by atoms with Gasteiger partial charge in [0, 0.05) is 10.9 Å². The zero-order valence-corrected chi connectivity index (χ0v) is 16.4. The Morgan fingerprint density at radius 1 is 1.12 bits per heavy atom. The number of carbonyl (C=O) groups is 1. The van der Waals surface area contributed by atoms with Crippen LogP contribution in [0.1, 0.15) is 49.7 Å². The molecule has 4 aliphatic carbocycles. The molecule has 4 heteroatoms. The fraction of sp³-hybridized carbons (Fsp3) is 0.545. The Hall–Kier alpha value is -1.68. The molecule has 26 heavy (non-hydrogen) atoms. The number of anilines is 1. The second kappa shape index (κ2) is 5.91. The summed E-state index contributed by atoms with van der Waals surface area (Å²) in [6, 6.07) is 6.44. The van der Waals surface area contributed by atoms with E-state index >= 15 is 0 Å². The Bertz CT molecular complexity index is 833. The van der Waals surface area contributed by atoms with Crippen LogP contribution in [-0.2, 0) is 4.79 Å². The van der Waals surface area contributed by atoms with E-state index in [0.29, 0.717) is 0 Å². The summed E-state index contributed by atoms with van der Waals surface area (Å²) < 4.78 is 0. The summed E-state index contributed by atoms with van der Waals surface area (Å²) in [5.41, 5.74) is 4.48. The highest BCUT2D eigenvalue weighted by Crippen LogP contribution is 2.60. The Morgan fingerprint density at radius 3 is 2.42 bits per heavy atom. The van der Waals surface area contributed by atoms with Gasteiger partial charge >= 0.3 is 0 Å². The van der Waals surface area contributed by atoms with Crippen molar-refractivity contribution < 1.29 is 4.79 Å². The van der Waals surface area contributed by atoms with E-state index in [9.17, 15) is 4.79 Å². The molecular formula is C22H26N2OS. The monoisotopic (exact) mass is 366 g/mol. The van der Waals surface area contributed by atoms with E-state index in [0.717, 1.165) is 53.4 Å². The van der Waals surface area contributed by atoms with E-state index in [4.69, 9.17) is 4.98 Å². The summed E-state index contributed by atoms with van der Waals surface area (Å²) in [4.78, 5) is 17.9. The first-order valence-corrected chi connectivity index (χ1v) is 10.7. The number of thiazole rings is 1. The second-order valence-electron chi connectivity index (χ2n) is 9.01. The highest BCUT2D eigenvalue weighted by molar-refractivity contribution is 7.14. The third kappa shape index (κ3) is 2.70. The topological polar surface area (TPSA) is 42.0 Å². The standard InChI is InChI=1S/C22H26N2OS/c1-13-3-4-14(2)18(5-13)19-12-26-21(23-19)24-20(25)22-9-15-6-16(10-22)8-17(7-15)11-22/h3-5,12,15-17H,6-11H2,1-2H3,(H,23,24,25). The first-order chi connectivity index (χ1) is 12.5. The molecule has 1 amide bonds. The second-order valence-corrected chi connectivity index (χ2v) is 9.87. The predicted molar refractivity (Wildman–Crippen MR) is 106 cm³/mol. The van der Waals surface area contributed by atoms with Crippen LogP contribution >= 0.6 is 11.3 Å². The normalized spacial score (nSPS) is 32.0. The predicted octanol–water partition coefficient (Wildman–Crippen LogP) is 5.58. The largest absolute Gasteiger partial charge is 0.301 e. The van der Waals surface area contributed by atoms with Crippen molar-refractivity contribution in [3.63, 3.8) is 0 Å². The molecule has 0 unspecified atom stereocenters. The number of amides is 1. The van der Waals surface area contributed by atoms with Crippen molar-refractivity contribution in [1.29, 1.82) is 0 Å². The number of hydrogen-bond acceptors (Lipinski definition) is 3. The number of aryl methyl sites for hydroxylation is 2. The molecule has 1 aromatic heterocycles. The molecule has 3 nitrogen and oxygen atoms in total. The lowest BCUT2D eigenvalue weighted by Crippen LogP contribution is -2.51. The van der Waals surface area contributed by atoms with Crippen LogP contribution < -0.4 is 5.32 Å². The summed E-state index contributed by atoms with van der Waals surface area (Å²) in [6.45, 7) is 4.22. The van der Waals surface area contributed by atoms with Crippen molar-refractivity contribution in [2.75, 3.05) is 5.32 Å². The van der Waals surface area contributed by atoms with Crippen molar-refractivity contribution >= 4 is 22.4 Å². The average Bonchev–Trinajstić information content (AvgIpc) is 3.04. The molecule has 6 rings (SSSR count). The lowest BCUT2D eigenvalue weighted by Gasteiger charge is -2.55. The van der Waals surface area contributed by atoms with E-state index in [1.807, 2.05) is 0 Å². The summed E-state index contributed by atoms with van der Waals surface area (Å²) in [7, 11) is 0. The molecule has 0 spiro atoms.